The molecule has 2 aromatic rings. The predicted molar refractivity (Wildman–Crippen MR) is 184 cm³/mol. The molecule has 2 aromatic carbocycles. The average molecular weight is 620 g/mol. The summed E-state index contributed by atoms with van der Waals surface area (Å²) in [5.41, 5.74) is 4.01. The third kappa shape index (κ3) is 7.85. The number of rotatable bonds is 12. The van der Waals surface area contributed by atoms with E-state index >= 15 is 0 Å². The molecule has 0 N–H and O–H groups in total. The van der Waals surface area contributed by atoms with Crippen molar-refractivity contribution >= 4 is 20.5 Å². The van der Waals surface area contributed by atoms with Crippen LogP contribution >= 0.6 is 0 Å². The molecule has 6 heteroatoms. The highest BCUT2D eigenvalue weighted by molar-refractivity contribution is 6.74. The Balaban J connectivity index is 1.58. The molecule has 0 aromatic heterocycles. The fraction of sp³-hybridized carbons (Fsp3) is 0.632. The Morgan fingerprint density at radius 2 is 1.86 bits per heavy atom. The Bertz CT molecular complexity index is 1270. The van der Waals surface area contributed by atoms with Crippen molar-refractivity contribution in [2.75, 3.05) is 13.7 Å². The molecule has 0 radical (unpaired) electrons. The van der Waals surface area contributed by atoms with Gasteiger partial charge in [-0.2, -0.15) is 0 Å². The molecule has 1 saturated carbocycles. The maximum Gasteiger partial charge on any atom is 0.330 e. The largest absolute Gasteiger partial charge is 0.489 e. The van der Waals surface area contributed by atoms with Crippen LogP contribution in [-0.4, -0.2) is 40.3 Å². The summed E-state index contributed by atoms with van der Waals surface area (Å²) in [4.78, 5) is 17.7. The molecule has 44 heavy (non-hydrogen) atoms. The van der Waals surface area contributed by atoms with Gasteiger partial charge in [0.25, 0.3) is 0 Å². The van der Waals surface area contributed by atoms with E-state index in [1.54, 1.807) is 0 Å². The lowest BCUT2D eigenvalue weighted by molar-refractivity contribution is -0.143. The first kappa shape index (κ1) is 34.4. The molecule has 2 aliphatic carbocycles. The van der Waals surface area contributed by atoms with Crippen molar-refractivity contribution in [3.63, 3.8) is 0 Å². The molecule has 2 aliphatic rings. The van der Waals surface area contributed by atoms with Crippen LogP contribution in [0.1, 0.15) is 96.3 Å². The van der Waals surface area contributed by atoms with Gasteiger partial charge in [0.2, 0.25) is 0 Å². The van der Waals surface area contributed by atoms with Gasteiger partial charge in [-0.1, -0.05) is 84.4 Å². The lowest BCUT2D eigenvalue weighted by Crippen LogP contribution is -2.46. The van der Waals surface area contributed by atoms with Crippen LogP contribution in [0.5, 0.6) is 5.75 Å². The SMILES string of the molecule is CC[C@H](C)[C@H](N=C[C@@]1(C)CC[C@@H]2c3ccc(OCc4ccccc4)cc3CC[C@H]2[C@@H]1CCO[Si](C)(C)C(C)(C)C)C(=O)OC. The van der Waals surface area contributed by atoms with Gasteiger partial charge in [0.15, 0.2) is 8.32 Å². The van der Waals surface area contributed by atoms with Crippen molar-refractivity contribution in [3.05, 3.63) is 65.2 Å². The Morgan fingerprint density at radius 3 is 2.52 bits per heavy atom. The molecule has 1 fully saturated rings. The zero-order valence-electron chi connectivity index (χ0n) is 28.8. The molecular formula is C38H57NO4Si. The summed E-state index contributed by atoms with van der Waals surface area (Å²) < 4.78 is 18.1. The highest BCUT2D eigenvalue weighted by atomic mass is 28.4. The predicted octanol–water partition coefficient (Wildman–Crippen LogP) is 9.40. The number of aliphatic imine (C=N–C) groups is 1. The summed E-state index contributed by atoms with van der Waals surface area (Å²) in [5.74, 6) is 2.35. The van der Waals surface area contributed by atoms with E-state index in [9.17, 15) is 4.79 Å². The molecular weight excluding hydrogens is 563 g/mol. The molecule has 0 saturated heterocycles. The number of esters is 1. The van der Waals surface area contributed by atoms with Crippen molar-refractivity contribution in [2.45, 2.75) is 117 Å². The zero-order valence-corrected chi connectivity index (χ0v) is 29.8. The highest BCUT2D eigenvalue weighted by Crippen LogP contribution is 2.55. The highest BCUT2D eigenvalue weighted by Gasteiger charge is 2.48. The Labute approximate surface area is 268 Å². The monoisotopic (exact) mass is 619 g/mol. The third-order valence-electron chi connectivity index (χ3n) is 11.2. The van der Waals surface area contributed by atoms with Crippen LogP contribution in [0.25, 0.3) is 0 Å². The number of benzene rings is 2. The van der Waals surface area contributed by atoms with Gasteiger partial charge < -0.3 is 13.9 Å². The zero-order chi connectivity index (χ0) is 32.1. The second-order valence-corrected chi connectivity index (χ2v) is 19.9. The van der Waals surface area contributed by atoms with Crippen LogP contribution in [0.15, 0.2) is 53.5 Å². The van der Waals surface area contributed by atoms with Crippen molar-refractivity contribution < 1.29 is 18.7 Å². The van der Waals surface area contributed by atoms with E-state index in [0.717, 1.165) is 50.9 Å². The van der Waals surface area contributed by atoms with Gasteiger partial charge in [-0.3, -0.25) is 4.99 Å². The van der Waals surface area contributed by atoms with Gasteiger partial charge >= 0.3 is 5.97 Å². The quantitative estimate of drug-likeness (QED) is 0.135. The molecule has 0 heterocycles. The lowest BCUT2D eigenvalue weighted by Gasteiger charge is -2.51. The van der Waals surface area contributed by atoms with Gasteiger partial charge in [0.05, 0.1) is 7.11 Å². The second kappa shape index (κ2) is 14.3. The lowest BCUT2D eigenvalue weighted by atomic mass is 9.54. The summed E-state index contributed by atoms with van der Waals surface area (Å²) >= 11 is 0. The fourth-order valence-electron chi connectivity index (χ4n) is 7.13. The van der Waals surface area contributed by atoms with E-state index < -0.39 is 14.4 Å². The van der Waals surface area contributed by atoms with Gasteiger partial charge in [0.1, 0.15) is 18.4 Å². The van der Waals surface area contributed by atoms with Crippen LogP contribution in [0.4, 0.5) is 0 Å². The molecule has 4 rings (SSSR count). The van der Waals surface area contributed by atoms with Gasteiger partial charge in [-0.05, 0) is 103 Å². The van der Waals surface area contributed by atoms with E-state index in [-0.39, 0.29) is 22.3 Å². The molecule has 0 spiro atoms. The molecule has 0 aliphatic heterocycles. The number of ether oxygens (including phenoxy) is 2. The number of hydrogen-bond donors (Lipinski definition) is 0. The van der Waals surface area contributed by atoms with E-state index in [0.29, 0.717) is 24.4 Å². The van der Waals surface area contributed by atoms with Crippen molar-refractivity contribution in [2.24, 2.45) is 28.2 Å². The van der Waals surface area contributed by atoms with Crippen LogP contribution in [0.2, 0.25) is 18.1 Å². The Morgan fingerprint density at radius 1 is 1.14 bits per heavy atom. The summed E-state index contributed by atoms with van der Waals surface area (Å²) in [6.45, 7) is 19.6. The number of methoxy groups -OCH3 is 1. The Hall–Kier alpha value is -2.44. The fourth-order valence-corrected chi connectivity index (χ4v) is 8.19. The first-order chi connectivity index (χ1) is 20.8. The van der Waals surface area contributed by atoms with E-state index in [1.807, 2.05) is 6.07 Å². The third-order valence-corrected chi connectivity index (χ3v) is 15.8. The van der Waals surface area contributed by atoms with Gasteiger partial charge in [-0.25, -0.2) is 4.79 Å². The maximum absolute atomic E-state index is 12.7. The van der Waals surface area contributed by atoms with E-state index in [2.05, 4.69) is 103 Å². The molecule has 6 atom stereocenters. The van der Waals surface area contributed by atoms with Crippen LogP contribution < -0.4 is 4.74 Å². The van der Waals surface area contributed by atoms with Crippen LogP contribution in [0, 0.1) is 23.2 Å². The van der Waals surface area contributed by atoms with Crippen LogP contribution in [0.3, 0.4) is 0 Å². The van der Waals surface area contributed by atoms with Crippen LogP contribution in [-0.2, 0) is 27.0 Å². The molecule has 0 amide bonds. The number of nitrogens with zero attached hydrogens (tertiary/aromatic N) is 1. The first-order valence-electron chi connectivity index (χ1n) is 16.9. The number of carbonyl (C=O) groups excluding carboxylic acids is 1. The number of carbonyl (C=O) groups is 1. The molecule has 0 bridgehead atoms. The standard InChI is InChI=1S/C38H57NO4Si/c1-10-27(2)35(36(40)41-7)39-26-38(6)22-20-32-31-19-17-30(42-25-28-14-12-11-13-15-28)24-29(31)16-18-33(32)34(38)21-23-43-44(8,9)37(3,4)5/h11-15,17,19,24,26-27,32-35H,10,16,18,20-23,25H2,1-9H3/t27-,32+,33+,34-,35-,38+/m0/s1. The van der Waals surface area contributed by atoms with Crippen molar-refractivity contribution in [1.82, 2.24) is 0 Å². The maximum atomic E-state index is 12.7. The Kier molecular flexibility index (Phi) is 11.2. The van der Waals surface area contributed by atoms with Crippen molar-refractivity contribution in [3.8, 4) is 5.75 Å². The summed E-state index contributed by atoms with van der Waals surface area (Å²) in [5, 5.41) is 0.182. The minimum absolute atomic E-state index is 0.103. The number of fused-ring (bicyclic) bond motifs is 3. The van der Waals surface area contributed by atoms with E-state index in [1.165, 1.54) is 23.8 Å². The average Bonchev–Trinajstić information content (AvgIpc) is 3.00. The topological polar surface area (TPSA) is 57.1 Å². The number of aryl methyl sites for hydroxylation is 1. The molecule has 5 nitrogen and oxygen atoms in total. The molecule has 0 unspecified atom stereocenters. The first-order valence-corrected chi connectivity index (χ1v) is 19.8. The normalized spacial score (nSPS) is 25.2. The summed E-state index contributed by atoms with van der Waals surface area (Å²) in [6.07, 6.45) is 8.43. The van der Waals surface area contributed by atoms with E-state index in [4.69, 9.17) is 18.9 Å². The van der Waals surface area contributed by atoms with Gasteiger partial charge in [-0.15, -0.1) is 0 Å². The van der Waals surface area contributed by atoms with Crippen molar-refractivity contribution in [1.29, 1.82) is 0 Å². The second-order valence-electron chi connectivity index (χ2n) is 15.1. The smallest absolute Gasteiger partial charge is 0.330 e. The number of hydrogen-bond acceptors (Lipinski definition) is 5. The minimum Gasteiger partial charge on any atom is -0.489 e. The summed E-state index contributed by atoms with van der Waals surface area (Å²) in [7, 11) is -0.390. The summed E-state index contributed by atoms with van der Waals surface area (Å²) in [6, 6.07) is 16.7. The molecule has 242 valence electrons. The van der Waals surface area contributed by atoms with Gasteiger partial charge in [0, 0.05) is 18.2 Å². The minimum atomic E-state index is -1.86.